The Labute approximate surface area is 115 Å². The summed E-state index contributed by atoms with van der Waals surface area (Å²) < 4.78 is 1.99. The van der Waals surface area contributed by atoms with Crippen LogP contribution in [0.15, 0.2) is 44.5 Å². The molecule has 0 fully saturated rings. The quantitative estimate of drug-likeness (QED) is 0.882. The monoisotopic (exact) mass is 324 g/mol. The molecule has 0 bridgehead atoms. The van der Waals surface area contributed by atoms with Crippen molar-refractivity contribution in [3.8, 4) is 0 Å². The minimum Gasteiger partial charge on any atom is -0.477 e. The van der Waals surface area contributed by atoms with Crippen molar-refractivity contribution in [1.82, 2.24) is 9.55 Å². The molecule has 0 saturated heterocycles. The maximum Gasteiger partial charge on any atom is 0.342 e. The van der Waals surface area contributed by atoms with E-state index in [2.05, 4.69) is 15.9 Å². The lowest BCUT2D eigenvalue weighted by molar-refractivity contribution is 0.0693. The Balaban J connectivity index is 2.46. The van der Waals surface area contributed by atoms with Crippen LogP contribution in [-0.4, -0.2) is 20.6 Å². The highest BCUT2D eigenvalue weighted by Gasteiger charge is 2.11. The lowest BCUT2D eigenvalue weighted by Crippen LogP contribution is -2.33. The summed E-state index contributed by atoms with van der Waals surface area (Å²) in [5.41, 5.74) is -1.20. The van der Waals surface area contributed by atoms with Crippen LogP contribution in [0.4, 0.5) is 0 Å². The number of aromatic nitrogens is 2. The summed E-state index contributed by atoms with van der Waals surface area (Å²) in [6, 6.07) is 7.23. The summed E-state index contributed by atoms with van der Waals surface area (Å²) in [6.45, 7) is 0.176. The highest BCUT2D eigenvalue weighted by atomic mass is 79.9. The Morgan fingerprint density at radius 1 is 1.37 bits per heavy atom. The number of carboxylic acids is 1. The smallest absolute Gasteiger partial charge is 0.342 e. The maximum atomic E-state index is 11.6. The second-order valence-electron chi connectivity index (χ2n) is 3.87. The first kappa shape index (κ1) is 13.3. The van der Waals surface area contributed by atoms with Crippen molar-refractivity contribution >= 4 is 21.9 Å². The SMILES string of the molecule is O=C(O)c1cn(Cc2cccc(Br)c2)c(=O)[nH]c1=O. The predicted molar refractivity (Wildman–Crippen MR) is 71.5 cm³/mol. The summed E-state index contributed by atoms with van der Waals surface area (Å²) in [4.78, 5) is 35.7. The Morgan fingerprint density at radius 3 is 2.74 bits per heavy atom. The molecule has 0 aliphatic heterocycles. The molecule has 19 heavy (non-hydrogen) atoms. The summed E-state index contributed by atoms with van der Waals surface area (Å²) in [5.74, 6) is -1.37. The number of carbonyl (C=O) groups is 1. The van der Waals surface area contributed by atoms with Crippen LogP contribution in [0.25, 0.3) is 0 Å². The third kappa shape index (κ3) is 3.00. The van der Waals surface area contributed by atoms with Gasteiger partial charge in [0.05, 0.1) is 6.54 Å². The molecule has 0 aliphatic rings. The Hall–Kier alpha value is -2.15. The zero-order valence-electron chi connectivity index (χ0n) is 9.59. The summed E-state index contributed by atoms with van der Waals surface area (Å²) >= 11 is 3.30. The van der Waals surface area contributed by atoms with Crippen molar-refractivity contribution in [2.45, 2.75) is 6.54 Å². The number of rotatable bonds is 3. The first-order chi connectivity index (χ1) is 8.97. The van der Waals surface area contributed by atoms with Gasteiger partial charge in [0, 0.05) is 10.7 Å². The molecule has 1 heterocycles. The molecule has 0 radical (unpaired) electrons. The minimum atomic E-state index is -1.37. The summed E-state index contributed by atoms with van der Waals surface area (Å²) in [5, 5.41) is 8.85. The minimum absolute atomic E-state index is 0.176. The number of H-pyrrole nitrogens is 1. The molecule has 0 saturated carbocycles. The molecule has 1 aromatic heterocycles. The Bertz CT molecular complexity index is 748. The molecular formula is C12H9BrN2O4. The second kappa shape index (κ2) is 5.23. The number of aromatic amines is 1. The highest BCUT2D eigenvalue weighted by Crippen LogP contribution is 2.12. The number of nitrogens with zero attached hydrogens (tertiary/aromatic N) is 1. The molecule has 2 aromatic rings. The number of nitrogens with one attached hydrogen (secondary N) is 1. The molecule has 2 rings (SSSR count). The normalized spacial score (nSPS) is 10.4. The number of hydrogen-bond acceptors (Lipinski definition) is 3. The van der Waals surface area contributed by atoms with Crippen LogP contribution >= 0.6 is 15.9 Å². The zero-order valence-corrected chi connectivity index (χ0v) is 11.2. The fourth-order valence-electron chi connectivity index (χ4n) is 1.61. The van der Waals surface area contributed by atoms with E-state index in [1.807, 2.05) is 11.1 Å². The van der Waals surface area contributed by atoms with Crippen molar-refractivity contribution in [1.29, 1.82) is 0 Å². The summed E-state index contributed by atoms with van der Waals surface area (Å²) in [7, 11) is 0. The van der Waals surface area contributed by atoms with Gasteiger partial charge >= 0.3 is 11.7 Å². The Kier molecular flexibility index (Phi) is 3.66. The number of halogens is 1. The topological polar surface area (TPSA) is 92.2 Å². The molecule has 0 spiro atoms. The van der Waals surface area contributed by atoms with Gasteiger partial charge in [0.15, 0.2) is 0 Å². The van der Waals surface area contributed by atoms with E-state index < -0.39 is 22.8 Å². The van der Waals surface area contributed by atoms with E-state index in [-0.39, 0.29) is 6.54 Å². The van der Waals surface area contributed by atoms with E-state index >= 15 is 0 Å². The van der Waals surface area contributed by atoms with Crippen molar-refractivity contribution in [3.05, 3.63) is 66.9 Å². The lowest BCUT2D eigenvalue weighted by Gasteiger charge is -2.06. The number of benzene rings is 1. The average molecular weight is 325 g/mol. The van der Waals surface area contributed by atoms with Gasteiger partial charge in [0.1, 0.15) is 5.56 Å². The van der Waals surface area contributed by atoms with E-state index in [0.717, 1.165) is 20.8 Å². The third-order valence-corrected chi connectivity index (χ3v) is 2.98. The van der Waals surface area contributed by atoms with Gasteiger partial charge in [0.25, 0.3) is 5.56 Å². The number of aromatic carboxylic acids is 1. The van der Waals surface area contributed by atoms with Crippen LogP contribution in [0.5, 0.6) is 0 Å². The van der Waals surface area contributed by atoms with Crippen molar-refractivity contribution in [3.63, 3.8) is 0 Å². The standard InChI is InChI=1S/C12H9BrN2O4/c13-8-3-1-2-7(4-8)5-15-6-9(11(17)18)10(16)14-12(15)19/h1-4,6H,5H2,(H,17,18)(H,14,16,19). The van der Waals surface area contributed by atoms with Crippen molar-refractivity contribution in [2.75, 3.05) is 0 Å². The van der Waals surface area contributed by atoms with Gasteiger partial charge in [-0.1, -0.05) is 28.1 Å². The van der Waals surface area contributed by atoms with Crippen LogP contribution < -0.4 is 11.2 Å². The van der Waals surface area contributed by atoms with Crippen LogP contribution in [0, 0.1) is 0 Å². The number of carboxylic acid groups (broad SMARTS) is 1. The van der Waals surface area contributed by atoms with E-state index in [4.69, 9.17) is 5.11 Å². The average Bonchev–Trinajstić information content (AvgIpc) is 2.32. The van der Waals surface area contributed by atoms with Crippen LogP contribution in [0.3, 0.4) is 0 Å². The van der Waals surface area contributed by atoms with Gasteiger partial charge in [-0.3, -0.25) is 14.3 Å². The van der Waals surface area contributed by atoms with Gasteiger partial charge < -0.3 is 5.11 Å². The third-order valence-electron chi connectivity index (χ3n) is 2.48. The molecule has 7 heteroatoms. The van der Waals surface area contributed by atoms with Crippen LogP contribution in [-0.2, 0) is 6.54 Å². The van der Waals surface area contributed by atoms with E-state index in [9.17, 15) is 14.4 Å². The zero-order chi connectivity index (χ0) is 14.0. The van der Waals surface area contributed by atoms with Crippen molar-refractivity contribution < 1.29 is 9.90 Å². The largest absolute Gasteiger partial charge is 0.477 e. The van der Waals surface area contributed by atoms with Crippen LogP contribution in [0.1, 0.15) is 15.9 Å². The van der Waals surface area contributed by atoms with Crippen molar-refractivity contribution in [2.24, 2.45) is 0 Å². The fourth-order valence-corrected chi connectivity index (χ4v) is 2.06. The van der Waals surface area contributed by atoms with Gasteiger partial charge in [-0.2, -0.15) is 0 Å². The molecule has 0 atom stereocenters. The van der Waals surface area contributed by atoms with E-state index in [1.54, 1.807) is 18.2 Å². The molecular weight excluding hydrogens is 316 g/mol. The predicted octanol–water partition coefficient (Wildman–Crippen LogP) is 1.05. The summed E-state index contributed by atoms with van der Waals surface area (Å²) in [6.07, 6.45) is 1.05. The molecule has 1 aromatic carbocycles. The second-order valence-corrected chi connectivity index (χ2v) is 4.78. The fraction of sp³-hybridized carbons (Fsp3) is 0.0833. The first-order valence-corrected chi connectivity index (χ1v) is 6.08. The maximum absolute atomic E-state index is 11.6. The molecule has 6 nitrogen and oxygen atoms in total. The molecule has 2 N–H and O–H groups in total. The van der Waals surface area contributed by atoms with Gasteiger partial charge in [-0.05, 0) is 17.7 Å². The lowest BCUT2D eigenvalue weighted by atomic mass is 10.2. The Morgan fingerprint density at radius 2 is 2.11 bits per heavy atom. The molecule has 98 valence electrons. The molecule has 0 amide bonds. The highest BCUT2D eigenvalue weighted by molar-refractivity contribution is 9.10. The molecule has 0 unspecified atom stereocenters. The van der Waals surface area contributed by atoms with E-state index in [0.29, 0.717) is 0 Å². The van der Waals surface area contributed by atoms with Crippen LogP contribution in [0.2, 0.25) is 0 Å². The van der Waals surface area contributed by atoms with Gasteiger partial charge in [-0.25, -0.2) is 9.59 Å². The van der Waals surface area contributed by atoms with E-state index in [1.165, 1.54) is 0 Å². The first-order valence-electron chi connectivity index (χ1n) is 5.29. The van der Waals surface area contributed by atoms with Gasteiger partial charge in [-0.15, -0.1) is 0 Å². The number of hydrogen-bond donors (Lipinski definition) is 2. The van der Waals surface area contributed by atoms with Gasteiger partial charge in [0.2, 0.25) is 0 Å². The molecule has 0 aliphatic carbocycles.